The number of carbonyl (C=O) groups is 2. The van der Waals surface area contributed by atoms with Gasteiger partial charge in [-0.15, -0.1) is 0 Å². The summed E-state index contributed by atoms with van der Waals surface area (Å²) in [5, 5.41) is 3.00. The van der Waals surface area contributed by atoms with E-state index in [1.165, 1.54) is 0 Å². The Labute approximate surface area is 148 Å². The van der Waals surface area contributed by atoms with Crippen LogP contribution in [0, 0.1) is 11.8 Å². The minimum absolute atomic E-state index is 0.0187. The number of rotatable bonds is 5. The average Bonchev–Trinajstić information content (AvgIpc) is 3.00. The van der Waals surface area contributed by atoms with Crippen LogP contribution in [-0.2, 0) is 9.59 Å². The Hall–Kier alpha value is -2.08. The van der Waals surface area contributed by atoms with Crippen LogP contribution in [0.3, 0.4) is 0 Å². The number of anilines is 2. The molecule has 25 heavy (non-hydrogen) atoms. The molecule has 6 heteroatoms. The summed E-state index contributed by atoms with van der Waals surface area (Å²) in [7, 11) is 0. The molecule has 1 saturated carbocycles. The van der Waals surface area contributed by atoms with Gasteiger partial charge in [0.15, 0.2) is 0 Å². The quantitative estimate of drug-likeness (QED) is 0.758. The second kappa shape index (κ2) is 7.87. The van der Waals surface area contributed by atoms with Crippen molar-refractivity contribution in [3.8, 4) is 0 Å². The molecule has 1 aliphatic heterocycles. The van der Waals surface area contributed by atoms with E-state index in [0.717, 1.165) is 56.6 Å². The molecule has 0 aromatic heterocycles. The summed E-state index contributed by atoms with van der Waals surface area (Å²) in [5.74, 6) is 0.114. The summed E-state index contributed by atoms with van der Waals surface area (Å²) in [5.41, 5.74) is 13.3. The molecule has 136 valence electrons. The lowest BCUT2D eigenvalue weighted by Crippen LogP contribution is -2.38. The van der Waals surface area contributed by atoms with E-state index in [1.807, 2.05) is 24.3 Å². The van der Waals surface area contributed by atoms with Crippen molar-refractivity contribution in [2.75, 3.05) is 23.3 Å². The van der Waals surface area contributed by atoms with Crippen molar-refractivity contribution in [3.05, 3.63) is 24.3 Å². The zero-order chi connectivity index (χ0) is 17.8. The Morgan fingerprint density at radius 2 is 1.92 bits per heavy atom. The Morgan fingerprint density at radius 3 is 2.56 bits per heavy atom. The van der Waals surface area contributed by atoms with E-state index in [-0.39, 0.29) is 23.8 Å². The molecule has 0 unspecified atom stereocenters. The van der Waals surface area contributed by atoms with E-state index in [0.29, 0.717) is 12.3 Å². The first-order valence-electron chi connectivity index (χ1n) is 9.22. The van der Waals surface area contributed by atoms with Crippen LogP contribution in [0.25, 0.3) is 0 Å². The third-order valence-corrected chi connectivity index (χ3v) is 5.56. The largest absolute Gasteiger partial charge is 0.371 e. The maximum absolute atomic E-state index is 12.3. The highest BCUT2D eigenvalue weighted by molar-refractivity contribution is 5.91. The fourth-order valence-corrected chi connectivity index (χ4v) is 3.97. The summed E-state index contributed by atoms with van der Waals surface area (Å²) in [6.07, 6.45) is 5.25. The lowest BCUT2D eigenvalue weighted by molar-refractivity contribution is -0.122. The number of carbonyl (C=O) groups excluding carboxylic acids is 2. The monoisotopic (exact) mass is 344 g/mol. The minimum Gasteiger partial charge on any atom is -0.371 e. The summed E-state index contributed by atoms with van der Waals surface area (Å²) < 4.78 is 0. The third-order valence-electron chi connectivity index (χ3n) is 5.56. The Morgan fingerprint density at radius 1 is 1.16 bits per heavy atom. The highest BCUT2D eigenvalue weighted by Gasteiger charge is 2.26. The van der Waals surface area contributed by atoms with Crippen LogP contribution in [-0.4, -0.2) is 30.9 Å². The molecule has 0 radical (unpaired) electrons. The fraction of sp³-hybridized carbons (Fsp3) is 0.579. The predicted octanol–water partition coefficient (Wildman–Crippen LogP) is 1.84. The summed E-state index contributed by atoms with van der Waals surface area (Å²) in [6.45, 7) is 1.61. The van der Waals surface area contributed by atoms with Gasteiger partial charge in [0, 0.05) is 42.8 Å². The zero-order valence-corrected chi connectivity index (χ0v) is 14.6. The molecule has 1 saturated heterocycles. The first-order chi connectivity index (χ1) is 12.0. The number of nitrogens with two attached hydrogens (primary N) is 2. The van der Waals surface area contributed by atoms with E-state index < -0.39 is 0 Å². The van der Waals surface area contributed by atoms with Gasteiger partial charge in [0.05, 0.1) is 0 Å². The number of hydrogen-bond acceptors (Lipinski definition) is 4. The smallest absolute Gasteiger partial charge is 0.224 e. The van der Waals surface area contributed by atoms with Gasteiger partial charge in [-0.05, 0) is 49.8 Å². The average molecular weight is 344 g/mol. The molecular weight excluding hydrogens is 316 g/mol. The molecule has 0 spiro atoms. The van der Waals surface area contributed by atoms with Crippen molar-refractivity contribution in [1.29, 1.82) is 0 Å². The van der Waals surface area contributed by atoms with Crippen LogP contribution in [0.4, 0.5) is 11.4 Å². The van der Waals surface area contributed by atoms with Crippen LogP contribution >= 0.6 is 0 Å². The second-order valence-corrected chi connectivity index (χ2v) is 7.32. The van der Waals surface area contributed by atoms with Crippen molar-refractivity contribution in [2.24, 2.45) is 23.3 Å². The van der Waals surface area contributed by atoms with Gasteiger partial charge in [0.25, 0.3) is 0 Å². The molecule has 5 N–H and O–H groups in total. The number of piperidine rings is 1. The number of benzene rings is 1. The van der Waals surface area contributed by atoms with Gasteiger partial charge in [0.2, 0.25) is 11.8 Å². The van der Waals surface area contributed by atoms with Gasteiger partial charge in [-0.1, -0.05) is 12.5 Å². The lowest BCUT2D eigenvalue weighted by atomic mass is 9.96. The molecule has 2 amide bonds. The highest BCUT2D eigenvalue weighted by Crippen LogP contribution is 2.28. The Balaban J connectivity index is 1.56. The molecule has 2 aliphatic rings. The second-order valence-electron chi connectivity index (χ2n) is 7.32. The van der Waals surface area contributed by atoms with Gasteiger partial charge < -0.3 is 21.7 Å². The molecule has 1 heterocycles. The predicted molar refractivity (Wildman–Crippen MR) is 99.1 cm³/mol. The van der Waals surface area contributed by atoms with Crippen LogP contribution < -0.4 is 21.7 Å². The zero-order valence-electron chi connectivity index (χ0n) is 14.6. The van der Waals surface area contributed by atoms with Gasteiger partial charge in [-0.25, -0.2) is 0 Å². The molecule has 1 aliphatic carbocycles. The van der Waals surface area contributed by atoms with Gasteiger partial charge in [0.1, 0.15) is 0 Å². The molecule has 6 nitrogen and oxygen atoms in total. The first-order valence-corrected chi connectivity index (χ1v) is 9.22. The van der Waals surface area contributed by atoms with E-state index >= 15 is 0 Å². The summed E-state index contributed by atoms with van der Waals surface area (Å²) in [6, 6.07) is 8.05. The van der Waals surface area contributed by atoms with Crippen LogP contribution in [0.2, 0.25) is 0 Å². The van der Waals surface area contributed by atoms with E-state index in [1.54, 1.807) is 0 Å². The van der Waals surface area contributed by atoms with Crippen molar-refractivity contribution >= 4 is 23.2 Å². The number of amides is 2. The van der Waals surface area contributed by atoms with E-state index in [9.17, 15) is 9.59 Å². The number of primary amides is 1. The Bertz CT molecular complexity index is 626. The van der Waals surface area contributed by atoms with Crippen LogP contribution in [0.15, 0.2) is 24.3 Å². The van der Waals surface area contributed by atoms with Gasteiger partial charge in [-0.2, -0.15) is 0 Å². The molecule has 2 atom stereocenters. The van der Waals surface area contributed by atoms with E-state index in [2.05, 4.69) is 10.2 Å². The maximum atomic E-state index is 12.3. The molecule has 0 bridgehead atoms. The topological polar surface area (TPSA) is 101 Å². The number of nitrogens with zero attached hydrogens (tertiary/aromatic N) is 1. The van der Waals surface area contributed by atoms with Crippen molar-refractivity contribution in [3.63, 3.8) is 0 Å². The molecule has 3 rings (SSSR count). The normalized spacial score (nSPS) is 24.3. The first kappa shape index (κ1) is 17.7. The van der Waals surface area contributed by atoms with E-state index in [4.69, 9.17) is 11.5 Å². The number of nitrogens with one attached hydrogen (secondary N) is 1. The van der Waals surface area contributed by atoms with Gasteiger partial charge in [-0.3, -0.25) is 9.59 Å². The lowest BCUT2D eigenvalue weighted by Gasteiger charge is -2.32. The highest BCUT2D eigenvalue weighted by atomic mass is 16.2. The maximum Gasteiger partial charge on any atom is 0.224 e. The summed E-state index contributed by atoms with van der Waals surface area (Å²) in [4.78, 5) is 25.8. The van der Waals surface area contributed by atoms with Crippen LogP contribution in [0.1, 0.15) is 38.5 Å². The van der Waals surface area contributed by atoms with Crippen molar-refractivity contribution in [1.82, 2.24) is 0 Å². The fourth-order valence-electron chi connectivity index (χ4n) is 3.97. The van der Waals surface area contributed by atoms with Crippen molar-refractivity contribution in [2.45, 2.75) is 44.6 Å². The molecule has 1 aromatic carbocycles. The standard InChI is InChI=1S/C19H28N4O2/c20-17-6-1-3-14(17)11-18(24)22-15-4-2-5-16(12-15)23-9-7-13(8-10-23)19(21)25/h2,4-5,12-14,17H,1,3,6-11,20H2,(H2,21,25)(H,22,24)/t14-,17+/m0/s1. The van der Waals surface area contributed by atoms with Crippen molar-refractivity contribution < 1.29 is 9.59 Å². The third kappa shape index (κ3) is 4.51. The van der Waals surface area contributed by atoms with Crippen LogP contribution in [0.5, 0.6) is 0 Å². The summed E-state index contributed by atoms with van der Waals surface area (Å²) >= 11 is 0. The SMILES string of the molecule is NC(=O)C1CCN(c2cccc(NC(=O)C[C@@H]3CCC[C@H]3N)c2)CC1. The van der Waals surface area contributed by atoms with Gasteiger partial charge >= 0.3 is 0 Å². The molecule has 2 fully saturated rings. The molecule has 1 aromatic rings. The minimum atomic E-state index is -0.203. The molecular formula is C19H28N4O2. The Kier molecular flexibility index (Phi) is 5.58. The number of hydrogen-bond donors (Lipinski definition) is 3.